The van der Waals surface area contributed by atoms with Crippen LogP contribution in [0, 0.1) is 11.7 Å². The molecule has 0 bridgehead atoms. The highest BCUT2D eigenvalue weighted by Gasteiger charge is 2.25. The van der Waals surface area contributed by atoms with Crippen LogP contribution in [0.5, 0.6) is 11.6 Å². The average molecular weight is 516 g/mol. The van der Waals surface area contributed by atoms with Gasteiger partial charge in [0.15, 0.2) is 5.03 Å². The summed E-state index contributed by atoms with van der Waals surface area (Å²) in [7, 11) is -4.22. The SMILES string of the molecule is CC(C)COc1cc(F)cc(-c2ccc(C(=O)NS(=O)(=O)c3ccccn3)c(OCC3CCO3)n2)c1. The molecule has 3 aromatic rings. The number of pyridine rings is 2. The van der Waals surface area contributed by atoms with Crippen LogP contribution in [0.15, 0.2) is 59.8 Å². The summed E-state index contributed by atoms with van der Waals surface area (Å²) in [6.45, 7) is 5.11. The number of ether oxygens (including phenoxy) is 3. The first-order chi connectivity index (χ1) is 17.2. The molecule has 1 aliphatic heterocycles. The van der Waals surface area contributed by atoms with Crippen LogP contribution in [0.3, 0.4) is 0 Å². The molecule has 1 atom stereocenters. The number of rotatable bonds is 10. The van der Waals surface area contributed by atoms with Crippen LogP contribution in [-0.4, -0.2) is 50.2 Å². The highest BCUT2D eigenvalue weighted by Crippen LogP contribution is 2.28. The van der Waals surface area contributed by atoms with E-state index in [1.807, 2.05) is 18.6 Å². The fourth-order valence-electron chi connectivity index (χ4n) is 3.26. The molecule has 9 nitrogen and oxygen atoms in total. The van der Waals surface area contributed by atoms with E-state index in [0.29, 0.717) is 30.2 Å². The molecule has 0 saturated carbocycles. The van der Waals surface area contributed by atoms with E-state index in [2.05, 4.69) is 9.97 Å². The quantitative estimate of drug-likeness (QED) is 0.435. The molecule has 11 heteroatoms. The van der Waals surface area contributed by atoms with Gasteiger partial charge in [-0.05, 0) is 42.3 Å². The fourth-order valence-corrected chi connectivity index (χ4v) is 4.18. The smallest absolute Gasteiger partial charge is 0.281 e. The Labute approximate surface area is 208 Å². The summed E-state index contributed by atoms with van der Waals surface area (Å²) in [4.78, 5) is 21.1. The van der Waals surface area contributed by atoms with Gasteiger partial charge in [0.1, 0.15) is 23.7 Å². The van der Waals surface area contributed by atoms with E-state index >= 15 is 0 Å². The Morgan fingerprint density at radius 1 is 1.19 bits per heavy atom. The molecule has 4 rings (SSSR count). The van der Waals surface area contributed by atoms with E-state index in [1.54, 1.807) is 12.1 Å². The Hall–Kier alpha value is -3.57. The number of sulfonamides is 1. The van der Waals surface area contributed by atoms with Crippen molar-refractivity contribution in [2.75, 3.05) is 19.8 Å². The van der Waals surface area contributed by atoms with E-state index in [1.165, 1.54) is 42.6 Å². The number of aromatic nitrogens is 2. The van der Waals surface area contributed by atoms with Gasteiger partial charge in [0.2, 0.25) is 5.88 Å². The minimum Gasteiger partial charge on any atom is -0.493 e. The van der Waals surface area contributed by atoms with Crippen molar-refractivity contribution in [3.05, 3.63) is 66.1 Å². The van der Waals surface area contributed by atoms with Gasteiger partial charge in [-0.15, -0.1) is 0 Å². The minimum absolute atomic E-state index is 0.106. The van der Waals surface area contributed by atoms with Gasteiger partial charge in [0, 0.05) is 30.9 Å². The number of benzene rings is 1. The average Bonchev–Trinajstić information content (AvgIpc) is 2.81. The zero-order valence-corrected chi connectivity index (χ0v) is 20.6. The summed E-state index contributed by atoms with van der Waals surface area (Å²) >= 11 is 0. The van der Waals surface area contributed by atoms with E-state index in [0.717, 1.165) is 6.42 Å². The Morgan fingerprint density at radius 2 is 2.00 bits per heavy atom. The summed E-state index contributed by atoms with van der Waals surface area (Å²) in [5.41, 5.74) is 0.620. The van der Waals surface area contributed by atoms with Crippen molar-refractivity contribution in [3.63, 3.8) is 0 Å². The second-order valence-corrected chi connectivity index (χ2v) is 10.3. The van der Waals surface area contributed by atoms with Crippen molar-refractivity contribution in [1.29, 1.82) is 0 Å². The lowest BCUT2D eigenvalue weighted by atomic mass is 10.1. The second kappa shape index (κ2) is 11.0. The monoisotopic (exact) mass is 515 g/mol. The van der Waals surface area contributed by atoms with Gasteiger partial charge >= 0.3 is 0 Å². The summed E-state index contributed by atoms with van der Waals surface area (Å²) in [6, 6.07) is 11.4. The van der Waals surface area contributed by atoms with Crippen LogP contribution in [0.2, 0.25) is 0 Å². The van der Waals surface area contributed by atoms with Crippen LogP contribution >= 0.6 is 0 Å². The summed E-state index contributed by atoms with van der Waals surface area (Å²) in [6.07, 6.45) is 1.94. The molecule has 0 aliphatic carbocycles. The first-order valence-corrected chi connectivity index (χ1v) is 12.9. The van der Waals surface area contributed by atoms with Gasteiger partial charge in [-0.1, -0.05) is 19.9 Å². The van der Waals surface area contributed by atoms with Crippen LogP contribution < -0.4 is 14.2 Å². The maximum atomic E-state index is 14.3. The Bertz CT molecular complexity index is 1330. The number of carbonyl (C=O) groups excluding carboxylic acids is 1. The molecular weight excluding hydrogens is 489 g/mol. The first kappa shape index (κ1) is 25.5. The summed E-state index contributed by atoms with van der Waals surface area (Å²) < 4.78 is 58.2. The molecule has 1 saturated heterocycles. The van der Waals surface area contributed by atoms with E-state index in [-0.39, 0.29) is 35.1 Å². The van der Waals surface area contributed by atoms with Crippen molar-refractivity contribution >= 4 is 15.9 Å². The first-order valence-electron chi connectivity index (χ1n) is 11.4. The number of nitrogens with one attached hydrogen (secondary N) is 1. The molecule has 2 aromatic heterocycles. The number of amides is 1. The van der Waals surface area contributed by atoms with Gasteiger partial charge in [0.05, 0.1) is 18.4 Å². The third-order valence-electron chi connectivity index (χ3n) is 5.19. The molecule has 36 heavy (non-hydrogen) atoms. The number of hydrogen-bond donors (Lipinski definition) is 1. The lowest BCUT2D eigenvalue weighted by Crippen LogP contribution is -2.34. The Balaban J connectivity index is 1.64. The second-order valence-electron chi connectivity index (χ2n) is 8.62. The van der Waals surface area contributed by atoms with Crippen molar-refractivity contribution in [3.8, 4) is 22.9 Å². The van der Waals surface area contributed by atoms with Crippen LogP contribution in [0.1, 0.15) is 30.6 Å². The minimum atomic E-state index is -4.22. The molecule has 3 heterocycles. The van der Waals surface area contributed by atoms with Crippen molar-refractivity contribution in [2.24, 2.45) is 5.92 Å². The van der Waals surface area contributed by atoms with Crippen LogP contribution in [-0.2, 0) is 14.8 Å². The van der Waals surface area contributed by atoms with Gasteiger partial charge in [-0.3, -0.25) is 4.79 Å². The maximum Gasteiger partial charge on any atom is 0.281 e. The largest absolute Gasteiger partial charge is 0.493 e. The molecule has 1 aliphatic rings. The molecule has 190 valence electrons. The number of hydrogen-bond acceptors (Lipinski definition) is 8. The van der Waals surface area contributed by atoms with E-state index in [9.17, 15) is 17.6 Å². The maximum absolute atomic E-state index is 14.3. The lowest BCUT2D eigenvalue weighted by molar-refractivity contribution is -0.0727. The van der Waals surface area contributed by atoms with Crippen molar-refractivity contribution in [1.82, 2.24) is 14.7 Å². The van der Waals surface area contributed by atoms with Crippen molar-refractivity contribution < 1.29 is 31.8 Å². The predicted molar refractivity (Wildman–Crippen MR) is 129 cm³/mol. The van der Waals surface area contributed by atoms with Gasteiger partial charge < -0.3 is 14.2 Å². The Morgan fingerprint density at radius 3 is 2.67 bits per heavy atom. The van der Waals surface area contributed by atoms with Crippen LogP contribution in [0.25, 0.3) is 11.3 Å². The third kappa shape index (κ3) is 6.35. The van der Waals surface area contributed by atoms with Crippen molar-refractivity contribution in [2.45, 2.75) is 31.4 Å². The van der Waals surface area contributed by atoms with E-state index in [4.69, 9.17) is 14.2 Å². The number of carbonyl (C=O) groups is 1. The van der Waals surface area contributed by atoms with Gasteiger partial charge in [0.25, 0.3) is 15.9 Å². The lowest BCUT2D eigenvalue weighted by Gasteiger charge is -2.26. The molecule has 0 radical (unpaired) electrons. The van der Waals surface area contributed by atoms with Gasteiger partial charge in [-0.25, -0.2) is 19.1 Å². The predicted octanol–water partition coefficient (Wildman–Crippen LogP) is 3.60. The Kier molecular flexibility index (Phi) is 7.80. The summed E-state index contributed by atoms with van der Waals surface area (Å²) in [5, 5.41) is -0.304. The molecule has 1 aromatic carbocycles. The van der Waals surface area contributed by atoms with Gasteiger partial charge in [-0.2, -0.15) is 8.42 Å². The molecule has 1 amide bonds. The van der Waals surface area contributed by atoms with Crippen LogP contribution in [0.4, 0.5) is 4.39 Å². The molecule has 1 unspecified atom stereocenters. The normalized spacial score (nSPS) is 15.3. The zero-order valence-electron chi connectivity index (χ0n) is 19.8. The standard InChI is InChI=1S/C25H26FN3O6S/c1-16(2)14-34-20-12-17(11-18(26)13-20)22-7-6-21(25(28-22)35-15-19-8-10-33-19)24(30)29-36(31,32)23-5-3-4-9-27-23/h3-7,9,11-13,16,19H,8,10,14-15H2,1-2H3,(H,29,30). The molecule has 1 N–H and O–H groups in total. The number of nitrogens with zero attached hydrogens (tertiary/aromatic N) is 2. The molecule has 0 spiro atoms. The number of halogens is 1. The molecular formula is C25H26FN3O6S. The van der Waals surface area contributed by atoms with E-state index < -0.39 is 21.7 Å². The fraction of sp³-hybridized carbons (Fsp3) is 0.320. The topological polar surface area (TPSA) is 117 Å². The highest BCUT2D eigenvalue weighted by molar-refractivity contribution is 7.90. The third-order valence-corrected chi connectivity index (χ3v) is 6.44. The molecule has 1 fully saturated rings. The highest BCUT2D eigenvalue weighted by atomic mass is 32.2. The summed E-state index contributed by atoms with van der Waals surface area (Å²) in [5.74, 6) is -0.963. The zero-order chi connectivity index (χ0) is 25.7.